The second-order valence-corrected chi connectivity index (χ2v) is 5.43. The van der Waals surface area contributed by atoms with Gasteiger partial charge in [0.1, 0.15) is 5.52 Å². The van der Waals surface area contributed by atoms with E-state index in [4.69, 9.17) is 27.6 Å². The number of fused-ring (bicyclic) bond motifs is 1. The van der Waals surface area contributed by atoms with Crippen molar-refractivity contribution < 1.29 is 4.42 Å². The Balaban J connectivity index is 2.21. The fraction of sp³-hybridized carbons (Fsp3) is 0.0714. The van der Waals surface area contributed by atoms with Crippen LogP contribution >= 0.6 is 39.1 Å². The molecule has 0 amide bonds. The molecule has 0 unspecified atom stereocenters. The molecule has 0 bridgehead atoms. The molecular weight excluding hydrogens is 349 g/mol. The van der Waals surface area contributed by atoms with Crippen molar-refractivity contribution in [3.05, 3.63) is 52.0 Å². The lowest BCUT2D eigenvalue weighted by atomic mass is 10.2. The van der Waals surface area contributed by atoms with E-state index in [0.29, 0.717) is 21.5 Å². The Morgan fingerprint density at radius 1 is 1.11 bits per heavy atom. The Bertz CT molecular complexity index is 734. The third-order valence-corrected chi connectivity index (χ3v) is 4.06. The summed E-state index contributed by atoms with van der Waals surface area (Å²) in [5, 5.41) is 1.82. The van der Waals surface area contributed by atoms with Gasteiger partial charge in [0.2, 0.25) is 5.89 Å². The zero-order valence-electron chi connectivity index (χ0n) is 9.66. The highest BCUT2D eigenvalue weighted by Gasteiger charge is 2.15. The van der Waals surface area contributed by atoms with E-state index in [9.17, 15) is 0 Å². The van der Waals surface area contributed by atoms with E-state index in [0.717, 1.165) is 22.0 Å². The number of hydrogen-bond acceptors (Lipinski definition) is 2. The summed E-state index contributed by atoms with van der Waals surface area (Å²) >= 11 is 15.7. The van der Waals surface area contributed by atoms with Crippen LogP contribution in [-0.2, 0) is 5.33 Å². The minimum Gasteiger partial charge on any atom is -0.436 e. The van der Waals surface area contributed by atoms with Gasteiger partial charge < -0.3 is 4.42 Å². The fourth-order valence-electron chi connectivity index (χ4n) is 1.86. The Labute approximate surface area is 128 Å². The molecule has 0 aliphatic rings. The summed E-state index contributed by atoms with van der Waals surface area (Å²) in [6.45, 7) is 0. The number of rotatable bonds is 2. The van der Waals surface area contributed by atoms with E-state index < -0.39 is 0 Å². The van der Waals surface area contributed by atoms with Crippen molar-refractivity contribution in [2.24, 2.45) is 0 Å². The van der Waals surface area contributed by atoms with Gasteiger partial charge in [0.05, 0.1) is 15.6 Å². The first-order valence-corrected chi connectivity index (χ1v) is 7.46. The summed E-state index contributed by atoms with van der Waals surface area (Å²) in [7, 11) is 0. The Kier molecular flexibility index (Phi) is 3.52. The first-order valence-electron chi connectivity index (χ1n) is 5.59. The molecule has 0 radical (unpaired) electrons. The topological polar surface area (TPSA) is 26.0 Å². The van der Waals surface area contributed by atoms with Crippen molar-refractivity contribution in [3.63, 3.8) is 0 Å². The molecule has 1 aromatic heterocycles. The second kappa shape index (κ2) is 5.16. The summed E-state index contributed by atoms with van der Waals surface area (Å²) in [4.78, 5) is 4.43. The molecule has 0 aliphatic carbocycles. The average molecular weight is 357 g/mol. The molecule has 0 atom stereocenters. The van der Waals surface area contributed by atoms with Crippen LogP contribution in [0.4, 0.5) is 0 Å². The van der Waals surface area contributed by atoms with Gasteiger partial charge in [-0.1, -0.05) is 51.3 Å². The van der Waals surface area contributed by atoms with E-state index in [1.165, 1.54) is 0 Å². The normalized spacial score (nSPS) is 11.1. The van der Waals surface area contributed by atoms with Crippen LogP contribution in [0.25, 0.3) is 22.6 Å². The summed E-state index contributed by atoms with van der Waals surface area (Å²) in [5.41, 5.74) is 3.27. The lowest BCUT2D eigenvalue weighted by Gasteiger charge is -2.01. The standard InChI is InChI=1S/C14H8BrCl2NO/c15-7-8-4-5-11-12(6-8)19-14(18-11)13-9(16)2-1-3-10(13)17/h1-6H,7H2. The molecule has 0 fully saturated rings. The van der Waals surface area contributed by atoms with Crippen LogP contribution in [0, 0.1) is 0 Å². The molecule has 1 heterocycles. The minimum atomic E-state index is 0.442. The van der Waals surface area contributed by atoms with Crippen molar-refractivity contribution in [3.8, 4) is 11.5 Å². The highest BCUT2D eigenvalue weighted by Crippen LogP contribution is 2.35. The third-order valence-electron chi connectivity index (χ3n) is 2.78. The van der Waals surface area contributed by atoms with Gasteiger partial charge in [-0.2, -0.15) is 0 Å². The number of alkyl halides is 1. The van der Waals surface area contributed by atoms with Crippen molar-refractivity contribution >= 4 is 50.2 Å². The largest absolute Gasteiger partial charge is 0.436 e. The molecule has 3 aromatic rings. The third kappa shape index (κ3) is 2.38. The Morgan fingerprint density at radius 2 is 1.84 bits per heavy atom. The highest BCUT2D eigenvalue weighted by molar-refractivity contribution is 9.08. The van der Waals surface area contributed by atoms with Gasteiger partial charge in [0.25, 0.3) is 0 Å². The Morgan fingerprint density at radius 3 is 2.53 bits per heavy atom. The smallest absolute Gasteiger partial charge is 0.230 e. The minimum absolute atomic E-state index is 0.442. The van der Waals surface area contributed by atoms with Gasteiger partial charge in [-0.3, -0.25) is 0 Å². The van der Waals surface area contributed by atoms with E-state index in [1.807, 2.05) is 18.2 Å². The molecule has 3 rings (SSSR count). The van der Waals surface area contributed by atoms with E-state index >= 15 is 0 Å². The molecule has 2 aromatic carbocycles. The van der Waals surface area contributed by atoms with Crippen molar-refractivity contribution in [2.45, 2.75) is 5.33 Å². The average Bonchev–Trinajstić information content (AvgIpc) is 2.80. The lowest BCUT2D eigenvalue weighted by Crippen LogP contribution is -1.80. The molecule has 0 saturated carbocycles. The number of benzene rings is 2. The van der Waals surface area contributed by atoms with Gasteiger partial charge in [-0.05, 0) is 29.8 Å². The molecule has 0 spiro atoms. The van der Waals surface area contributed by atoms with E-state index in [1.54, 1.807) is 18.2 Å². The molecule has 5 heteroatoms. The Hall–Kier alpha value is -1.03. The van der Waals surface area contributed by atoms with Crippen LogP contribution in [0.5, 0.6) is 0 Å². The first kappa shape index (κ1) is 13.0. The van der Waals surface area contributed by atoms with Gasteiger partial charge >= 0.3 is 0 Å². The van der Waals surface area contributed by atoms with Crippen LogP contribution in [0.3, 0.4) is 0 Å². The number of hydrogen-bond donors (Lipinski definition) is 0. The SMILES string of the molecule is Clc1cccc(Cl)c1-c1nc2ccc(CBr)cc2o1. The van der Waals surface area contributed by atoms with Gasteiger partial charge in [0, 0.05) is 5.33 Å². The van der Waals surface area contributed by atoms with Gasteiger partial charge in [-0.15, -0.1) is 0 Å². The van der Waals surface area contributed by atoms with Gasteiger partial charge in [-0.25, -0.2) is 4.98 Å². The molecule has 96 valence electrons. The molecule has 0 aliphatic heterocycles. The predicted octanol–water partition coefficient (Wildman–Crippen LogP) is 5.70. The van der Waals surface area contributed by atoms with E-state index in [-0.39, 0.29) is 0 Å². The van der Waals surface area contributed by atoms with Gasteiger partial charge in [0.15, 0.2) is 5.58 Å². The highest BCUT2D eigenvalue weighted by atomic mass is 79.9. The number of oxazole rings is 1. The summed E-state index contributed by atoms with van der Waals surface area (Å²) in [6.07, 6.45) is 0. The predicted molar refractivity (Wildman–Crippen MR) is 82.1 cm³/mol. The lowest BCUT2D eigenvalue weighted by molar-refractivity contribution is 0.619. The maximum atomic E-state index is 6.16. The van der Waals surface area contributed by atoms with Crippen molar-refractivity contribution in [2.75, 3.05) is 0 Å². The van der Waals surface area contributed by atoms with Crippen molar-refractivity contribution in [1.82, 2.24) is 4.98 Å². The molecule has 0 saturated heterocycles. The van der Waals surface area contributed by atoms with Crippen molar-refractivity contribution in [1.29, 1.82) is 0 Å². The molecule has 0 N–H and O–H groups in total. The van der Waals surface area contributed by atoms with Crippen LogP contribution in [-0.4, -0.2) is 4.98 Å². The maximum Gasteiger partial charge on any atom is 0.230 e. The van der Waals surface area contributed by atoms with Crippen LogP contribution in [0.15, 0.2) is 40.8 Å². The fourth-order valence-corrected chi connectivity index (χ4v) is 2.77. The van der Waals surface area contributed by atoms with Crippen LogP contribution in [0.1, 0.15) is 5.56 Å². The zero-order chi connectivity index (χ0) is 13.4. The molecular formula is C14H8BrCl2NO. The van der Waals surface area contributed by atoms with Crippen LogP contribution in [0.2, 0.25) is 10.0 Å². The summed E-state index contributed by atoms with van der Waals surface area (Å²) in [6, 6.07) is 11.2. The van der Waals surface area contributed by atoms with E-state index in [2.05, 4.69) is 20.9 Å². The summed E-state index contributed by atoms with van der Waals surface area (Å²) < 4.78 is 5.76. The summed E-state index contributed by atoms with van der Waals surface area (Å²) in [5.74, 6) is 0.442. The molecule has 19 heavy (non-hydrogen) atoms. The molecule has 2 nitrogen and oxygen atoms in total. The quantitative estimate of drug-likeness (QED) is 0.550. The maximum absolute atomic E-state index is 6.16. The monoisotopic (exact) mass is 355 g/mol. The second-order valence-electron chi connectivity index (χ2n) is 4.05. The number of halogens is 3. The first-order chi connectivity index (χ1) is 9.19. The van der Waals surface area contributed by atoms with Crippen LogP contribution < -0.4 is 0 Å². The number of nitrogens with zero attached hydrogens (tertiary/aromatic N) is 1. The zero-order valence-corrected chi connectivity index (χ0v) is 12.8. The number of aromatic nitrogens is 1.